The largest absolute Gasteiger partial charge is 0.349 e. The van der Waals surface area contributed by atoms with Crippen molar-refractivity contribution in [3.8, 4) is 0 Å². The normalized spacial score (nSPS) is 20.7. The highest BCUT2D eigenvalue weighted by Crippen LogP contribution is 2.34. The molecule has 198 valence electrons. The fourth-order valence-electron chi connectivity index (χ4n) is 5.81. The molecule has 0 bridgehead atoms. The second kappa shape index (κ2) is 11.7. The third-order valence-electron chi connectivity index (χ3n) is 7.97. The van der Waals surface area contributed by atoms with Gasteiger partial charge in [0, 0.05) is 32.7 Å². The van der Waals surface area contributed by atoms with Gasteiger partial charge in [0.25, 0.3) is 5.91 Å². The third-order valence-corrected chi connectivity index (χ3v) is 8.29. The van der Waals surface area contributed by atoms with E-state index in [0.29, 0.717) is 24.9 Å². The number of nitrogens with one attached hydrogen (secondary N) is 1. The van der Waals surface area contributed by atoms with Crippen LogP contribution in [0.1, 0.15) is 46.8 Å². The van der Waals surface area contributed by atoms with Crippen molar-refractivity contribution >= 4 is 23.4 Å². The molecular weight excluding hydrogens is 501 g/mol. The zero-order valence-corrected chi connectivity index (χ0v) is 22.3. The Bertz CT molecular complexity index is 1240. The molecule has 5 nitrogen and oxygen atoms in total. The highest BCUT2D eigenvalue weighted by Gasteiger charge is 2.42. The molecule has 3 aromatic carbocycles. The third kappa shape index (κ3) is 5.77. The van der Waals surface area contributed by atoms with Gasteiger partial charge >= 0.3 is 0 Å². The van der Waals surface area contributed by atoms with Crippen LogP contribution in [0.25, 0.3) is 0 Å². The Morgan fingerprint density at radius 3 is 2.11 bits per heavy atom. The van der Waals surface area contributed by atoms with Crippen molar-refractivity contribution in [2.75, 3.05) is 32.7 Å². The van der Waals surface area contributed by atoms with Gasteiger partial charge in [-0.2, -0.15) is 0 Å². The summed E-state index contributed by atoms with van der Waals surface area (Å²) in [5, 5.41) is 3.45. The number of fused-ring (bicyclic) bond motifs is 1. The summed E-state index contributed by atoms with van der Waals surface area (Å²) in [5.74, 6) is -0.408. The average Bonchev–Trinajstić information content (AvgIpc) is 3.50. The molecule has 0 saturated carbocycles. The van der Waals surface area contributed by atoms with Crippen LogP contribution in [0, 0.1) is 17.7 Å². The first-order valence-corrected chi connectivity index (χ1v) is 13.6. The van der Waals surface area contributed by atoms with E-state index in [1.54, 1.807) is 11.0 Å². The van der Waals surface area contributed by atoms with Crippen molar-refractivity contribution in [1.82, 2.24) is 15.1 Å². The first-order valence-electron chi connectivity index (χ1n) is 13.3. The monoisotopic (exact) mass is 533 g/mol. The Morgan fingerprint density at radius 2 is 1.50 bits per heavy atom. The highest BCUT2D eigenvalue weighted by atomic mass is 35.5. The van der Waals surface area contributed by atoms with Crippen LogP contribution in [0.15, 0.2) is 78.9 Å². The van der Waals surface area contributed by atoms with E-state index in [-0.39, 0.29) is 34.4 Å². The molecule has 4 unspecified atom stereocenters. The SMILES string of the molecule is CC(C(=O)NC(CCN1CC2CN(C(=O)c3c(F)cccc3Cl)CC2C1)c1ccccc1)c1ccccc1. The lowest BCUT2D eigenvalue weighted by Gasteiger charge is -2.26. The summed E-state index contributed by atoms with van der Waals surface area (Å²) in [6.45, 7) is 5.77. The number of rotatable bonds is 8. The van der Waals surface area contributed by atoms with Crippen molar-refractivity contribution in [2.24, 2.45) is 11.8 Å². The summed E-state index contributed by atoms with van der Waals surface area (Å²) in [4.78, 5) is 30.3. The summed E-state index contributed by atoms with van der Waals surface area (Å²) in [6.07, 6.45) is 0.796. The van der Waals surface area contributed by atoms with Crippen LogP contribution in [0.2, 0.25) is 5.02 Å². The lowest BCUT2D eigenvalue weighted by atomic mass is 9.98. The predicted molar refractivity (Wildman–Crippen MR) is 148 cm³/mol. The van der Waals surface area contributed by atoms with Gasteiger partial charge < -0.3 is 15.1 Å². The van der Waals surface area contributed by atoms with Crippen LogP contribution in [0.3, 0.4) is 0 Å². The number of carbonyl (C=O) groups is 2. The predicted octanol–water partition coefficient (Wildman–Crippen LogP) is 5.53. The smallest absolute Gasteiger partial charge is 0.258 e. The number of nitrogens with zero attached hydrogens (tertiary/aromatic N) is 2. The lowest BCUT2D eigenvalue weighted by molar-refractivity contribution is -0.123. The van der Waals surface area contributed by atoms with Crippen molar-refractivity contribution in [3.63, 3.8) is 0 Å². The van der Waals surface area contributed by atoms with E-state index >= 15 is 0 Å². The van der Waals surface area contributed by atoms with Gasteiger partial charge in [-0.05, 0) is 48.4 Å². The molecular formula is C31H33ClFN3O2. The van der Waals surface area contributed by atoms with E-state index in [9.17, 15) is 14.0 Å². The fraction of sp³-hybridized carbons (Fsp3) is 0.355. The summed E-state index contributed by atoms with van der Waals surface area (Å²) < 4.78 is 14.3. The van der Waals surface area contributed by atoms with Crippen LogP contribution in [0.5, 0.6) is 0 Å². The second-order valence-electron chi connectivity index (χ2n) is 10.5. The zero-order chi connectivity index (χ0) is 26.6. The molecule has 0 aliphatic carbocycles. The molecule has 1 N–H and O–H groups in total. The Morgan fingerprint density at radius 1 is 0.895 bits per heavy atom. The number of hydrogen-bond donors (Lipinski definition) is 1. The number of amides is 2. The molecule has 3 aromatic rings. The molecule has 0 radical (unpaired) electrons. The van der Waals surface area contributed by atoms with Crippen molar-refractivity contribution < 1.29 is 14.0 Å². The van der Waals surface area contributed by atoms with Crippen molar-refractivity contribution in [3.05, 3.63) is 106 Å². The summed E-state index contributed by atoms with van der Waals surface area (Å²) in [7, 11) is 0. The van der Waals surface area contributed by atoms with Crippen molar-refractivity contribution in [2.45, 2.75) is 25.3 Å². The molecule has 2 amide bonds. The standard InChI is InChI=1S/C31H33ClFN3O2/c1-21(22-9-4-2-5-10-22)30(37)34-28(23-11-6-3-7-12-23)15-16-35-17-24-19-36(20-25(24)18-35)31(38)29-26(32)13-8-14-27(29)33/h2-14,21,24-25,28H,15-20H2,1H3,(H,34,37). The molecule has 2 aliphatic rings. The first-order chi connectivity index (χ1) is 18.4. The Hall–Kier alpha value is -3.22. The number of benzene rings is 3. The van der Waals surface area contributed by atoms with Crippen LogP contribution < -0.4 is 5.32 Å². The number of carbonyl (C=O) groups excluding carboxylic acids is 2. The Kier molecular flexibility index (Phi) is 8.10. The van der Waals surface area contributed by atoms with E-state index in [1.165, 1.54) is 12.1 Å². The molecule has 7 heteroatoms. The van der Waals surface area contributed by atoms with Crippen LogP contribution in [-0.2, 0) is 4.79 Å². The van der Waals surface area contributed by atoms with Crippen LogP contribution in [-0.4, -0.2) is 54.3 Å². The second-order valence-corrected chi connectivity index (χ2v) is 10.9. The first kappa shape index (κ1) is 26.4. The minimum atomic E-state index is -0.572. The molecule has 38 heavy (non-hydrogen) atoms. The minimum Gasteiger partial charge on any atom is -0.349 e. The lowest BCUT2D eigenvalue weighted by Crippen LogP contribution is -2.36. The van der Waals surface area contributed by atoms with Gasteiger partial charge in [-0.3, -0.25) is 9.59 Å². The van der Waals surface area contributed by atoms with Crippen LogP contribution >= 0.6 is 11.6 Å². The molecule has 0 spiro atoms. The van der Waals surface area contributed by atoms with E-state index < -0.39 is 5.82 Å². The summed E-state index contributed by atoms with van der Waals surface area (Å²) >= 11 is 6.13. The van der Waals surface area contributed by atoms with E-state index in [4.69, 9.17) is 11.6 Å². The number of likely N-dealkylation sites (tertiary alicyclic amines) is 2. The van der Waals surface area contributed by atoms with E-state index in [0.717, 1.165) is 37.2 Å². The van der Waals surface area contributed by atoms with E-state index in [1.807, 2.05) is 55.5 Å². The minimum absolute atomic E-state index is 0.0179. The maximum absolute atomic E-state index is 14.3. The molecule has 2 fully saturated rings. The van der Waals surface area contributed by atoms with Gasteiger partial charge in [-0.15, -0.1) is 0 Å². The van der Waals surface area contributed by atoms with Gasteiger partial charge in [0.15, 0.2) is 0 Å². The fourth-order valence-corrected chi connectivity index (χ4v) is 6.05. The molecule has 2 aliphatic heterocycles. The van der Waals surface area contributed by atoms with Crippen molar-refractivity contribution in [1.29, 1.82) is 0 Å². The quantitative estimate of drug-likeness (QED) is 0.414. The Labute approximate surface area is 228 Å². The molecule has 4 atom stereocenters. The van der Waals surface area contributed by atoms with Gasteiger partial charge in [0.05, 0.1) is 22.5 Å². The van der Waals surface area contributed by atoms with Gasteiger partial charge in [0.2, 0.25) is 5.91 Å². The molecule has 2 heterocycles. The topological polar surface area (TPSA) is 52.7 Å². The Balaban J connectivity index is 1.18. The van der Waals surface area contributed by atoms with Gasteiger partial charge in [0.1, 0.15) is 5.82 Å². The van der Waals surface area contributed by atoms with Gasteiger partial charge in [-0.25, -0.2) is 4.39 Å². The molecule has 2 saturated heterocycles. The maximum Gasteiger partial charge on any atom is 0.258 e. The summed E-state index contributed by atoms with van der Waals surface area (Å²) in [5.41, 5.74) is 2.07. The highest BCUT2D eigenvalue weighted by molar-refractivity contribution is 6.33. The molecule has 0 aromatic heterocycles. The zero-order valence-electron chi connectivity index (χ0n) is 21.5. The maximum atomic E-state index is 14.3. The molecule has 5 rings (SSSR count). The number of halogens is 2. The average molecular weight is 534 g/mol. The van der Waals surface area contributed by atoms with Crippen LogP contribution in [0.4, 0.5) is 4.39 Å². The van der Waals surface area contributed by atoms with Gasteiger partial charge in [-0.1, -0.05) is 78.3 Å². The summed E-state index contributed by atoms with van der Waals surface area (Å²) in [6, 6.07) is 24.2. The van der Waals surface area contributed by atoms with E-state index in [2.05, 4.69) is 22.3 Å². The number of hydrogen-bond acceptors (Lipinski definition) is 3.